The Kier molecular flexibility index (Phi) is 8.66. The maximum absolute atomic E-state index is 12.9. The highest BCUT2D eigenvalue weighted by Gasteiger charge is 2.29. The second kappa shape index (κ2) is 11.5. The number of Topliss-reactive ketones (excluding diaryl/α,β-unsaturated/α-hetero) is 1. The first-order valence-electron chi connectivity index (χ1n) is 11.4. The van der Waals surface area contributed by atoms with E-state index in [1.807, 2.05) is 11.9 Å². The van der Waals surface area contributed by atoms with Gasteiger partial charge in [-0.15, -0.1) is 0 Å². The first kappa shape index (κ1) is 26.4. The lowest BCUT2D eigenvalue weighted by molar-refractivity contribution is -0.154. The van der Waals surface area contributed by atoms with Crippen LogP contribution >= 0.6 is 0 Å². The van der Waals surface area contributed by atoms with Gasteiger partial charge in [0.1, 0.15) is 11.6 Å². The van der Waals surface area contributed by atoms with Gasteiger partial charge in [0.25, 0.3) is 5.91 Å². The standard InChI is InChI=1S/C24H30F3N5O3/c1-4-20(33)13-19-12-18(11-16(2)29-19)23(34)28-14-17-5-6-21(35-15-24(25,26)27)30-22(17)32-9-7-31(3)8-10-32/h5-6,11-12H,4,7-10,13-15H2,1-3H3,(H,28,34). The summed E-state index contributed by atoms with van der Waals surface area (Å²) in [6, 6.07) is 6.24. The van der Waals surface area contributed by atoms with E-state index in [1.54, 1.807) is 32.0 Å². The van der Waals surface area contributed by atoms with Gasteiger partial charge in [0.2, 0.25) is 5.88 Å². The minimum atomic E-state index is -4.47. The second-order valence-electron chi connectivity index (χ2n) is 8.57. The summed E-state index contributed by atoms with van der Waals surface area (Å²) in [6.07, 6.45) is -3.91. The average molecular weight is 494 g/mol. The van der Waals surface area contributed by atoms with Gasteiger partial charge < -0.3 is 19.9 Å². The zero-order valence-electron chi connectivity index (χ0n) is 20.1. The molecule has 0 bridgehead atoms. The van der Waals surface area contributed by atoms with E-state index >= 15 is 0 Å². The Labute approximate surface area is 202 Å². The van der Waals surface area contributed by atoms with Crippen molar-refractivity contribution in [2.75, 3.05) is 44.7 Å². The van der Waals surface area contributed by atoms with Crippen LogP contribution in [0.15, 0.2) is 24.3 Å². The maximum Gasteiger partial charge on any atom is 0.422 e. The van der Waals surface area contributed by atoms with Crippen molar-refractivity contribution in [1.82, 2.24) is 20.2 Å². The van der Waals surface area contributed by atoms with Gasteiger partial charge >= 0.3 is 6.18 Å². The monoisotopic (exact) mass is 493 g/mol. The molecule has 0 saturated carbocycles. The van der Waals surface area contributed by atoms with Crippen LogP contribution in [-0.2, 0) is 17.8 Å². The van der Waals surface area contributed by atoms with Crippen LogP contribution < -0.4 is 15.0 Å². The number of ketones is 1. The molecule has 1 fully saturated rings. The maximum atomic E-state index is 12.9. The molecule has 1 saturated heterocycles. The number of aryl methyl sites for hydroxylation is 1. The lowest BCUT2D eigenvalue weighted by Crippen LogP contribution is -2.45. The van der Waals surface area contributed by atoms with Crippen LogP contribution in [0.5, 0.6) is 5.88 Å². The summed E-state index contributed by atoms with van der Waals surface area (Å²) in [4.78, 5) is 37.5. The SMILES string of the molecule is CCC(=O)Cc1cc(C(=O)NCc2ccc(OCC(F)(F)F)nc2N2CCN(C)CC2)cc(C)n1. The Morgan fingerprint density at radius 1 is 1.11 bits per heavy atom. The third-order valence-corrected chi connectivity index (χ3v) is 5.60. The number of anilines is 1. The number of piperazine rings is 1. The van der Waals surface area contributed by atoms with Crippen LogP contribution in [0.25, 0.3) is 0 Å². The minimum absolute atomic E-state index is 0.0326. The number of carbonyl (C=O) groups is 2. The van der Waals surface area contributed by atoms with Crippen LogP contribution in [0.2, 0.25) is 0 Å². The van der Waals surface area contributed by atoms with E-state index in [0.29, 0.717) is 47.8 Å². The van der Waals surface area contributed by atoms with Gasteiger partial charge in [-0.1, -0.05) is 6.92 Å². The van der Waals surface area contributed by atoms with E-state index in [2.05, 4.69) is 20.2 Å². The van der Waals surface area contributed by atoms with E-state index in [1.165, 1.54) is 6.07 Å². The van der Waals surface area contributed by atoms with Crippen molar-refractivity contribution in [2.24, 2.45) is 0 Å². The Bertz CT molecular complexity index is 1050. The van der Waals surface area contributed by atoms with E-state index in [0.717, 1.165) is 13.1 Å². The summed E-state index contributed by atoms with van der Waals surface area (Å²) in [7, 11) is 1.99. The van der Waals surface area contributed by atoms with Crippen molar-refractivity contribution >= 4 is 17.5 Å². The normalized spacial score (nSPS) is 14.6. The number of hydrogen-bond acceptors (Lipinski definition) is 7. The predicted octanol–water partition coefficient (Wildman–Crippen LogP) is 2.93. The molecule has 1 aliphatic rings. The highest BCUT2D eigenvalue weighted by atomic mass is 19.4. The lowest BCUT2D eigenvalue weighted by Gasteiger charge is -2.34. The molecule has 0 atom stereocenters. The molecule has 1 N–H and O–H groups in total. The van der Waals surface area contributed by atoms with Gasteiger partial charge in [0, 0.05) is 74.1 Å². The van der Waals surface area contributed by atoms with Crippen LogP contribution in [-0.4, -0.2) is 72.6 Å². The Balaban J connectivity index is 1.77. The minimum Gasteiger partial charge on any atom is -0.468 e. The molecule has 0 aliphatic carbocycles. The van der Waals surface area contributed by atoms with Crippen LogP contribution in [0, 0.1) is 6.92 Å². The molecule has 35 heavy (non-hydrogen) atoms. The van der Waals surface area contributed by atoms with E-state index in [9.17, 15) is 22.8 Å². The van der Waals surface area contributed by atoms with Crippen molar-refractivity contribution in [2.45, 2.75) is 39.4 Å². The topological polar surface area (TPSA) is 87.7 Å². The van der Waals surface area contributed by atoms with Gasteiger partial charge in [0.05, 0.1) is 0 Å². The van der Waals surface area contributed by atoms with Gasteiger partial charge in [-0.25, -0.2) is 0 Å². The van der Waals surface area contributed by atoms with Crippen molar-refractivity contribution in [3.63, 3.8) is 0 Å². The molecule has 8 nitrogen and oxygen atoms in total. The Morgan fingerprint density at radius 3 is 2.49 bits per heavy atom. The largest absolute Gasteiger partial charge is 0.468 e. The molecule has 11 heteroatoms. The molecule has 0 aromatic carbocycles. The number of hydrogen-bond donors (Lipinski definition) is 1. The van der Waals surface area contributed by atoms with Gasteiger partial charge in [-0.05, 0) is 32.2 Å². The highest BCUT2D eigenvalue weighted by Crippen LogP contribution is 2.25. The van der Waals surface area contributed by atoms with Crippen molar-refractivity contribution in [1.29, 1.82) is 0 Å². The molecule has 0 radical (unpaired) electrons. The number of aromatic nitrogens is 2. The van der Waals surface area contributed by atoms with Gasteiger partial charge in [-0.2, -0.15) is 18.2 Å². The summed E-state index contributed by atoms with van der Waals surface area (Å²) in [5.41, 5.74) is 2.21. The van der Waals surface area contributed by atoms with Crippen LogP contribution in [0.3, 0.4) is 0 Å². The molecule has 3 rings (SSSR count). The summed E-state index contributed by atoms with van der Waals surface area (Å²) in [5.74, 6) is 0.0483. The zero-order chi connectivity index (χ0) is 25.6. The molecule has 2 aromatic rings. The lowest BCUT2D eigenvalue weighted by atomic mass is 10.1. The Hall–Kier alpha value is -3.21. The molecule has 0 unspecified atom stereocenters. The first-order valence-corrected chi connectivity index (χ1v) is 11.4. The fourth-order valence-corrected chi connectivity index (χ4v) is 3.69. The fraction of sp³-hybridized carbons (Fsp3) is 0.500. The number of pyridine rings is 2. The highest BCUT2D eigenvalue weighted by molar-refractivity contribution is 5.94. The molecule has 3 heterocycles. The molecule has 2 aromatic heterocycles. The van der Waals surface area contributed by atoms with Gasteiger partial charge in [-0.3, -0.25) is 14.6 Å². The summed E-state index contributed by atoms with van der Waals surface area (Å²) in [6.45, 7) is 5.06. The van der Waals surface area contributed by atoms with E-state index < -0.39 is 12.8 Å². The summed E-state index contributed by atoms with van der Waals surface area (Å²) in [5, 5.41) is 2.85. The van der Waals surface area contributed by atoms with Crippen LogP contribution in [0.4, 0.5) is 19.0 Å². The quantitative estimate of drug-likeness (QED) is 0.575. The van der Waals surface area contributed by atoms with Crippen LogP contribution in [0.1, 0.15) is 40.7 Å². The Morgan fingerprint density at radius 2 is 1.83 bits per heavy atom. The average Bonchev–Trinajstić information content (AvgIpc) is 2.81. The zero-order valence-corrected chi connectivity index (χ0v) is 20.1. The number of amides is 1. The number of halogens is 3. The first-order chi connectivity index (χ1) is 16.5. The number of alkyl halides is 3. The number of nitrogens with one attached hydrogen (secondary N) is 1. The van der Waals surface area contributed by atoms with E-state index in [-0.39, 0.29) is 30.5 Å². The third kappa shape index (κ3) is 7.91. The summed E-state index contributed by atoms with van der Waals surface area (Å²) < 4.78 is 42.6. The van der Waals surface area contributed by atoms with E-state index in [4.69, 9.17) is 4.74 Å². The number of carbonyl (C=O) groups excluding carboxylic acids is 2. The molecular weight excluding hydrogens is 463 g/mol. The molecule has 0 spiro atoms. The third-order valence-electron chi connectivity index (χ3n) is 5.60. The summed E-state index contributed by atoms with van der Waals surface area (Å²) >= 11 is 0. The molecular formula is C24H30F3N5O3. The number of likely N-dealkylation sites (N-methyl/N-ethyl adjacent to an activating group) is 1. The fourth-order valence-electron chi connectivity index (χ4n) is 3.69. The number of nitrogens with zero attached hydrogens (tertiary/aromatic N) is 4. The second-order valence-corrected chi connectivity index (χ2v) is 8.57. The predicted molar refractivity (Wildman–Crippen MR) is 125 cm³/mol. The number of ether oxygens (including phenoxy) is 1. The molecule has 190 valence electrons. The molecule has 1 aliphatic heterocycles. The van der Waals surface area contributed by atoms with Crippen molar-refractivity contribution in [3.05, 3.63) is 46.8 Å². The molecule has 1 amide bonds. The van der Waals surface area contributed by atoms with Gasteiger partial charge in [0.15, 0.2) is 6.61 Å². The van der Waals surface area contributed by atoms with Crippen molar-refractivity contribution in [3.8, 4) is 5.88 Å². The number of rotatable bonds is 9. The van der Waals surface area contributed by atoms with Crippen molar-refractivity contribution < 1.29 is 27.5 Å². The smallest absolute Gasteiger partial charge is 0.422 e.